The molecule has 0 saturated heterocycles. The summed E-state index contributed by atoms with van der Waals surface area (Å²) in [5.41, 5.74) is 2.65. The van der Waals surface area contributed by atoms with Gasteiger partial charge in [0.25, 0.3) is 0 Å². The molecule has 1 N–H and O–H groups in total. The fraction of sp³-hybridized carbons (Fsp3) is 0.160. The van der Waals surface area contributed by atoms with E-state index >= 15 is 0 Å². The molecule has 32 heavy (non-hydrogen) atoms. The summed E-state index contributed by atoms with van der Waals surface area (Å²) in [4.78, 5) is 12.9. The number of carbonyl (C=O) groups excluding carboxylic acids is 1. The molecule has 0 radical (unpaired) electrons. The number of rotatable bonds is 7. The van der Waals surface area contributed by atoms with Gasteiger partial charge in [-0.2, -0.15) is 0 Å². The van der Waals surface area contributed by atoms with Crippen LogP contribution >= 0.6 is 11.8 Å². The zero-order chi connectivity index (χ0) is 22.5. The van der Waals surface area contributed by atoms with Crippen LogP contribution in [0.1, 0.15) is 25.5 Å². The molecule has 0 fully saturated rings. The largest absolute Gasteiger partial charge is 0.349 e. The normalized spacial score (nSPS) is 12.8. The number of benzene rings is 3. The Morgan fingerprint density at radius 2 is 1.53 bits per heavy atom. The minimum atomic E-state index is -0.395. The van der Waals surface area contributed by atoms with Crippen LogP contribution in [0, 0.1) is 5.82 Å². The molecule has 0 spiro atoms. The van der Waals surface area contributed by atoms with Gasteiger partial charge in [0.15, 0.2) is 11.0 Å². The highest BCUT2D eigenvalue weighted by atomic mass is 32.2. The third-order valence-corrected chi connectivity index (χ3v) is 6.10. The SMILES string of the molecule is CC(Sc1nnc(-c2ccc(F)cc2)n1-c1ccccc1)C(=O)NC(C)c1ccccc1. The first-order valence-electron chi connectivity index (χ1n) is 10.3. The predicted octanol–water partition coefficient (Wildman–Crippen LogP) is 5.43. The molecule has 3 aromatic carbocycles. The highest BCUT2D eigenvalue weighted by molar-refractivity contribution is 8.00. The lowest BCUT2D eigenvalue weighted by molar-refractivity contribution is -0.120. The van der Waals surface area contributed by atoms with E-state index in [0.717, 1.165) is 16.8 Å². The number of para-hydroxylation sites is 1. The van der Waals surface area contributed by atoms with Crippen molar-refractivity contribution in [2.24, 2.45) is 0 Å². The van der Waals surface area contributed by atoms with E-state index in [9.17, 15) is 9.18 Å². The molecule has 1 aromatic heterocycles. The summed E-state index contributed by atoms with van der Waals surface area (Å²) in [6.45, 7) is 3.81. The molecule has 0 aliphatic heterocycles. The van der Waals surface area contributed by atoms with Gasteiger partial charge in [-0.1, -0.05) is 60.3 Å². The molecule has 1 heterocycles. The predicted molar refractivity (Wildman–Crippen MR) is 125 cm³/mol. The Labute approximate surface area is 190 Å². The first-order chi connectivity index (χ1) is 15.5. The number of aromatic nitrogens is 3. The van der Waals surface area contributed by atoms with Crippen LogP contribution in [0.15, 0.2) is 90.1 Å². The summed E-state index contributed by atoms with van der Waals surface area (Å²) in [5.74, 6) is 0.188. The third-order valence-electron chi connectivity index (χ3n) is 5.06. The fourth-order valence-corrected chi connectivity index (χ4v) is 4.19. The van der Waals surface area contributed by atoms with Crippen molar-refractivity contribution in [1.29, 1.82) is 0 Å². The molecule has 7 heteroatoms. The molecule has 0 aliphatic rings. The Morgan fingerprint density at radius 3 is 2.19 bits per heavy atom. The van der Waals surface area contributed by atoms with E-state index < -0.39 is 5.25 Å². The van der Waals surface area contributed by atoms with Crippen molar-refractivity contribution in [3.8, 4) is 17.1 Å². The Kier molecular flexibility index (Phi) is 6.66. The zero-order valence-corrected chi connectivity index (χ0v) is 18.6. The van der Waals surface area contributed by atoms with Crippen LogP contribution in [0.25, 0.3) is 17.1 Å². The molecule has 2 atom stereocenters. The second-order valence-corrected chi connectivity index (χ2v) is 8.69. The summed E-state index contributed by atoms with van der Waals surface area (Å²) in [5, 5.41) is 12.0. The molecule has 2 unspecified atom stereocenters. The maximum absolute atomic E-state index is 13.4. The number of hydrogen-bond acceptors (Lipinski definition) is 4. The van der Waals surface area contributed by atoms with Crippen LogP contribution in [0.5, 0.6) is 0 Å². The summed E-state index contributed by atoms with van der Waals surface area (Å²) >= 11 is 1.33. The second-order valence-electron chi connectivity index (χ2n) is 7.39. The average Bonchev–Trinajstić information content (AvgIpc) is 3.24. The summed E-state index contributed by atoms with van der Waals surface area (Å²) in [7, 11) is 0. The highest BCUT2D eigenvalue weighted by Crippen LogP contribution is 2.30. The standard InChI is InChI=1S/C25H23FN4OS/c1-17(19-9-5-3-6-10-19)27-24(31)18(2)32-25-29-28-23(20-13-15-21(26)16-14-20)30(25)22-11-7-4-8-12-22/h3-18H,1-2H3,(H,27,31). The van der Waals surface area contributed by atoms with Gasteiger partial charge in [-0.15, -0.1) is 10.2 Å². The lowest BCUT2D eigenvalue weighted by Crippen LogP contribution is -2.33. The maximum atomic E-state index is 13.4. The minimum absolute atomic E-state index is 0.0858. The van der Waals surface area contributed by atoms with Crippen LogP contribution in [0.3, 0.4) is 0 Å². The van der Waals surface area contributed by atoms with Crippen molar-refractivity contribution in [2.75, 3.05) is 0 Å². The minimum Gasteiger partial charge on any atom is -0.349 e. The molecule has 1 amide bonds. The molecule has 162 valence electrons. The van der Waals surface area contributed by atoms with E-state index in [0.29, 0.717) is 11.0 Å². The molecular formula is C25H23FN4OS. The Hall–Kier alpha value is -3.45. The maximum Gasteiger partial charge on any atom is 0.233 e. The molecule has 4 aromatic rings. The van der Waals surface area contributed by atoms with Gasteiger partial charge in [0.2, 0.25) is 5.91 Å². The number of nitrogens with zero attached hydrogens (tertiary/aromatic N) is 3. The Bertz CT molecular complexity index is 1180. The zero-order valence-electron chi connectivity index (χ0n) is 17.8. The lowest BCUT2D eigenvalue weighted by Gasteiger charge is -2.18. The van der Waals surface area contributed by atoms with Gasteiger partial charge in [-0.05, 0) is 55.8 Å². The Balaban J connectivity index is 1.59. The molecule has 5 nitrogen and oxygen atoms in total. The molecule has 0 saturated carbocycles. The Morgan fingerprint density at radius 1 is 0.906 bits per heavy atom. The molecule has 0 aliphatic carbocycles. The number of thioether (sulfide) groups is 1. The van der Waals surface area contributed by atoms with Crippen molar-refractivity contribution in [1.82, 2.24) is 20.1 Å². The van der Waals surface area contributed by atoms with E-state index in [2.05, 4.69) is 15.5 Å². The van der Waals surface area contributed by atoms with Gasteiger partial charge in [0.05, 0.1) is 11.3 Å². The van der Waals surface area contributed by atoms with Crippen molar-refractivity contribution < 1.29 is 9.18 Å². The van der Waals surface area contributed by atoms with Crippen molar-refractivity contribution in [3.63, 3.8) is 0 Å². The van der Waals surface area contributed by atoms with Crippen LogP contribution in [0.4, 0.5) is 4.39 Å². The van der Waals surface area contributed by atoms with Crippen LogP contribution in [-0.4, -0.2) is 25.9 Å². The topological polar surface area (TPSA) is 59.8 Å². The van der Waals surface area contributed by atoms with E-state index in [1.54, 1.807) is 12.1 Å². The number of nitrogens with one attached hydrogen (secondary N) is 1. The number of amides is 1. The quantitative estimate of drug-likeness (QED) is 0.385. The van der Waals surface area contributed by atoms with Gasteiger partial charge in [0, 0.05) is 11.3 Å². The third kappa shape index (κ3) is 4.89. The number of carbonyl (C=O) groups is 1. The van der Waals surface area contributed by atoms with Gasteiger partial charge in [0.1, 0.15) is 5.82 Å². The average molecular weight is 447 g/mol. The molecular weight excluding hydrogens is 423 g/mol. The summed E-state index contributed by atoms with van der Waals surface area (Å²) in [6, 6.07) is 25.5. The van der Waals surface area contributed by atoms with Gasteiger partial charge in [-0.3, -0.25) is 9.36 Å². The fourth-order valence-electron chi connectivity index (χ4n) is 3.31. The summed E-state index contributed by atoms with van der Waals surface area (Å²) in [6.07, 6.45) is 0. The van der Waals surface area contributed by atoms with Gasteiger partial charge >= 0.3 is 0 Å². The van der Waals surface area contributed by atoms with Crippen LogP contribution in [0.2, 0.25) is 0 Å². The van der Waals surface area contributed by atoms with E-state index in [1.807, 2.05) is 79.1 Å². The first-order valence-corrected chi connectivity index (χ1v) is 11.2. The van der Waals surface area contributed by atoms with Gasteiger partial charge in [-0.25, -0.2) is 4.39 Å². The van der Waals surface area contributed by atoms with E-state index in [1.165, 1.54) is 23.9 Å². The first kappa shape index (κ1) is 21.8. The van der Waals surface area contributed by atoms with E-state index in [-0.39, 0.29) is 17.8 Å². The lowest BCUT2D eigenvalue weighted by atomic mass is 10.1. The van der Waals surface area contributed by atoms with Crippen molar-refractivity contribution >= 4 is 17.7 Å². The smallest absolute Gasteiger partial charge is 0.233 e. The monoisotopic (exact) mass is 446 g/mol. The van der Waals surface area contributed by atoms with Crippen LogP contribution in [-0.2, 0) is 4.79 Å². The number of halogens is 1. The number of hydrogen-bond donors (Lipinski definition) is 1. The highest BCUT2D eigenvalue weighted by Gasteiger charge is 2.23. The molecule has 0 bridgehead atoms. The van der Waals surface area contributed by atoms with Crippen molar-refractivity contribution in [3.05, 3.63) is 96.3 Å². The van der Waals surface area contributed by atoms with Crippen LogP contribution < -0.4 is 5.32 Å². The summed E-state index contributed by atoms with van der Waals surface area (Å²) < 4.78 is 15.3. The molecule has 4 rings (SSSR count). The van der Waals surface area contributed by atoms with Crippen molar-refractivity contribution in [2.45, 2.75) is 30.3 Å². The van der Waals surface area contributed by atoms with E-state index in [4.69, 9.17) is 0 Å². The van der Waals surface area contributed by atoms with Gasteiger partial charge < -0.3 is 5.32 Å². The second kappa shape index (κ2) is 9.78.